The molecule has 0 radical (unpaired) electrons. The zero-order valence-corrected chi connectivity index (χ0v) is 25.9. The zero-order valence-electron chi connectivity index (χ0n) is 25.9. The number of nitrogens with one attached hydrogen (secondary N) is 2. The number of ether oxygens (including phenoxy) is 3. The largest absolute Gasteiger partial charge is 0.480 e. The van der Waals surface area contributed by atoms with Crippen molar-refractivity contribution in [2.75, 3.05) is 71.0 Å². The first kappa shape index (κ1) is 34.4. The molecule has 0 saturated carbocycles. The highest BCUT2D eigenvalue weighted by Crippen LogP contribution is 2.25. The fourth-order valence-electron chi connectivity index (χ4n) is 4.34. The molecule has 3 N–H and O–H groups in total. The van der Waals surface area contributed by atoms with Gasteiger partial charge in [0, 0.05) is 37.9 Å². The maximum Gasteiger partial charge on any atom is 0.410 e. The lowest BCUT2D eigenvalue weighted by Crippen LogP contribution is -2.41. The number of carboxylic acids is 1. The van der Waals surface area contributed by atoms with Crippen molar-refractivity contribution < 1.29 is 38.5 Å². The van der Waals surface area contributed by atoms with Crippen LogP contribution in [-0.4, -0.2) is 115 Å². The number of aliphatic carboxylic acids is 1. The Bertz CT molecular complexity index is 1290. The van der Waals surface area contributed by atoms with Gasteiger partial charge in [0.25, 0.3) is 5.91 Å². The SMILES string of the molecule is CCc1cccc(-c2cnc(C(=O)NCCOCCN(CC(=O)O)C(=O)OC(C)(C)C)c(NC(=O)CN3CCOCC3)c2)c1. The molecule has 3 rings (SSSR count). The van der Waals surface area contributed by atoms with Crippen LogP contribution < -0.4 is 10.6 Å². The van der Waals surface area contributed by atoms with Gasteiger partial charge in [0.2, 0.25) is 5.91 Å². The Kier molecular flexibility index (Phi) is 13.1. The predicted octanol–water partition coefficient (Wildman–Crippen LogP) is 2.65. The molecule has 0 bridgehead atoms. The van der Waals surface area contributed by atoms with Gasteiger partial charge >= 0.3 is 12.1 Å². The number of hydrogen-bond donors (Lipinski definition) is 3. The molecular formula is C31H43N5O8. The first-order chi connectivity index (χ1) is 20.9. The first-order valence-corrected chi connectivity index (χ1v) is 14.7. The molecule has 13 heteroatoms. The lowest BCUT2D eigenvalue weighted by atomic mass is 10.0. The van der Waals surface area contributed by atoms with Gasteiger partial charge in [-0.1, -0.05) is 31.2 Å². The van der Waals surface area contributed by atoms with E-state index in [-0.39, 0.29) is 44.4 Å². The second kappa shape index (κ2) is 16.7. The summed E-state index contributed by atoms with van der Waals surface area (Å²) in [6.07, 6.45) is 1.72. The van der Waals surface area contributed by atoms with Gasteiger partial charge in [-0.15, -0.1) is 0 Å². The van der Waals surface area contributed by atoms with E-state index < -0.39 is 30.1 Å². The van der Waals surface area contributed by atoms with Crippen LogP contribution in [0.5, 0.6) is 0 Å². The van der Waals surface area contributed by atoms with Gasteiger partial charge in [-0.25, -0.2) is 9.78 Å². The average molecular weight is 614 g/mol. The van der Waals surface area contributed by atoms with Crippen molar-refractivity contribution in [2.24, 2.45) is 0 Å². The van der Waals surface area contributed by atoms with E-state index in [1.807, 2.05) is 29.2 Å². The monoisotopic (exact) mass is 613 g/mol. The van der Waals surface area contributed by atoms with Gasteiger partial charge in [-0.3, -0.25) is 24.2 Å². The van der Waals surface area contributed by atoms with Crippen molar-refractivity contribution in [3.63, 3.8) is 0 Å². The molecule has 1 aliphatic heterocycles. The maximum absolute atomic E-state index is 13.1. The molecule has 1 aromatic carbocycles. The lowest BCUT2D eigenvalue weighted by Gasteiger charge is -2.26. The number of nitrogens with zero attached hydrogens (tertiary/aromatic N) is 3. The van der Waals surface area contributed by atoms with Crippen LogP contribution in [0, 0.1) is 0 Å². The second-order valence-electron chi connectivity index (χ2n) is 11.3. The number of aryl methyl sites for hydroxylation is 1. The number of hydrogen-bond acceptors (Lipinski definition) is 9. The number of carboxylic acid groups (broad SMARTS) is 1. The van der Waals surface area contributed by atoms with Crippen LogP contribution >= 0.6 is 0 Å². The van der Waals surface area contributed by atoms with E-state index in [0.717, 1.165) is 28.0 Å². The fraction of sp³-hybridized carbons (Fsp3) is 0.516. The van der Waals surface area contributed by atoms with Crippen LogP contribution in [0.4, 0.5) is 10.5 Å². The first-order valence-electron chi connectivity index (χ1n) is 14.7. The average Bonchev–Trinajstić information content (AvgIpc) is 2.97. The molecule has 0 atom stereocenters. The predicted molar refractivity (Wildman–Crippen MR) is 164 cm³/mol. The minimum atomic E-state index is -1.17. The van der Waals surface area contributed by atoms with Crippen LogP contribution in [0.2, 0.25) is 0 Å². The lowest BCUT2D eigenvalue weighted by molar-refractivity contribution is -0.138. The zero-order chi connectivity index (χ0) is 32.1. The molecule has 2 aromatic rings. The summed E-state index contributed by atoms with van der Waals surface area (Å²) in [5, 5.41) is 14.7. The maximum atomic E-state index is 13.1. The summed E-state index contributed by atoms with van der Waals surface area (Å²) in [5.41, 5.74) is 2.42. The Hall–Kier alpha value is -4.07. The van der Waals surface area contributed by atoms with E-state index in [4.69, 9.17) is 19.3 Å². The van der Waals surface area contributed by atoms with Crippen molar-refractivity contribution in [1.82, 2.24) is 20.1 Å². The number of aromatic nitrogens is 1. The molecule has 44 heavy (non-hydrogen) atoms. The quantitative estimate of drug-likeness (QED) is 0.270. The summed E-state index contributed by atoms with van der Waals surface area (Å²) in [6, 6.07) is 9.74. The highest BCUT2D eigenvalue weighted by molar-refractivity contribution is 6.03. The molecule has 2 heterocycles. The standard InChI is InChI=1S/C31H43N5O8/c1-5-22-7-6-8-23(17-22)24-18-25(34-26(37)20-35-10-14-43-15-11-35)28(33-19-24)29(40)32-9-13-42-16-12-36(21-27(38)39)30(41)44-31(2,3)4/h6-8,17-19H,5,9-16,20-21H2,1-4H3,(H,32,40)(H,34,37)(H,38,39). The number of carbonyl (C=O) groups is 4. The van der Waals surface area contributed by atoms with Crippen molar-refractivity contribution >= 4 is 29.6 Å². The molecule has 1 fully saturated rings. The Balaban J connectivity index is 1.61. The summed E-state index contributed by atoms with van der Waals surface area (Å²) >= 11 is 0. The topological polar surface area (TPSA) is 160 Å². The summed E-state index contributed by atoms with van der Waals surface area (Å²) in [7, 11) is 0. The van der Waals surface area contributed by atoms with E-state index in [0.29, 0.717) is 32.0 Å². The summed E-state index contributed by atoms with van der Waals surface area (Å²) in [6.45, 7) is 9.44. The van der Waals surface area contributed by atoms with Crippen LogP contribution in [0.3, 0.4) is 0 Å². The van der Waals surface area contributed by atoms with E-state index in [9.17, 15) is 19.2 Å². The molecule has 0 aliphatic carbocycles. The molecule has 13 nitrogen and oxygen atoms in total. The van der Waals surface area contributed by atoms with Crippen molar-refractivity contribution in [3.05, 3.63) is 47.8 Å². The van der Waals surface area contributed by atoms with E-state index in [1.165, 1.54) is 0 Å². The third-order valence-corrected chi connectivity index (χ3v) is 6.53. The van der Waals surface area contributed by atoms with Crippen molar-refractivity contribution in [1.29, 1.82) is 0 Å². The summed E-state index contributed by atoms with van der Waals surface area (Å²) in [4.78, 5) is 57.0. The summed E-state index contributed by atoms with van der Waals surface area (Å²) < 4.78 is 16.1. The molecule has 3 amide bonds. The number of morpholine rings is 1. The van der Waals surface area contributed by atoms with Gasteiger partial charge in [-0.2, -0.15) is 0 Å². The van der Waals surface area contributed by atoms with E-state index >= 15 is 0 Å². The van der Waals surface area contributed by atoms with Crippen LogP contribution in [0.1, 0.15) is 43.7 Å². The number of amides is 3. The Morgan fingerprint density at radius 1 is 1.09 bits per heavy atom. The van der Waals surface area contributed by atoms with Gasteiger partial charge in [0.05, 0.1) is 38.7 Å². The molecule has 1 aromatic heterocycles. The van der Waals surface area contributed by atoms with Gasteiger partial charge in [0.15, 0.2) is 5.69 Å². The highest BCUT2D eigenvalue weighted by Gasteiger charge is 2.24. The van der Waals surface area contributed by atoms with Gasteiger partial charge < -0.3 is 30.0 Å². The van der Waals surface area contributed by atoms with Crippen LogP contribution in [0.15, 0.2) is 36.5 Å². The minimum absolute atomic E-state index is 0.00324. The third-order valence-electron chi connectivity index (χ3n) is 6.53. The van der Waals surface area contributed by atoms with Crippen LogP contribution in [-0.2, 0) is 30.2 Å². The Morgan fingerprint density at radius 2 is 1.84 bits per heavy atom. The third kappa shape index (κ3) is 11.5. The second-order valence-corrected chi connectivity index (χ2v) is 11.3. The van der Waals surface area contributed by atoms with Crippen LogP contribution in [0.25, 0.3) is 11.1 Å². The minimum Gasteiger partial charge on any atom is -0.480 e. The molecule has 1 aliphatic rings. The van der Waals surface area contributed by atoms with E-state index in [1.54, 1.807) is 33.0 Å². The van der Waals surface area contributed by atoms with Crippen molar-refractivity contribution in [3.8, 4) is 11.1 Å². The fourth-order valence-corrected chi connectivity index (χ4v) is 4.34. The number of rotatable bonds is 14. The highest BCUT2D eigenvalue weighted by atomic mass is 16.6. The molecule has 240 valence electrons. The Labute approximate surface area is 257 Å². The van der Waals surface area contributed by atoms with Gasteiger partial charge in [0.1, 0.15) is 12.1 Å². The number of pyridine rings is 1. The molecule has 0 unspecified atom stereocenters. The number of anilines is 1. The smallest absolute Gasteiger partial charge is 0.410 e. The summed E-state index contributed by atoms with van der Waals surface area (Å²) in [5.74, 6) is -1.93. The van der Waals surface area contributed by atoms with Crippen molar-refractivity contribution in [2.45, 2.75) is 39.7 Å². The number of carbonyl (C=O) groups excluding carboxylic acids is 3. The Morgan fingerprint density at radius 3 is 2.52 bits per heavy atom. The normalized spacial score (nSPS) is 13.6. The molecular weight excluding hydrogens is 570 g/mol. The molecule has 0 spiro atoms. The number of benzene rings is 1. The molecule has 1 saturated heterocycles. The van der Waals surface area contributed by atoms with E-state index in [2.05, 4.69) is 22.5 Å². The van der Waals surface area contributed by atoms with Gasteiger partial charge in [-0.05, 0) is 44.4 Å².